The van der Waals surface area contributed by atoms with Crippen molar-refractivity contribution >= 4 is 17.4 Å². The van der Waals surface area contributed by atoms with Crippen LogP contribution in [0.2, 0.25) is 5.02 Å². The lowest BCUT2D eigenvalue weighted by molar-refractivity contribution is -0.119. The summed E-state index contributed by atoms with van der Waals surface area (Å²) in [5.74, 6) is -0.998. The molecule has 0 atom stereocenters. The Bertz CT molecular complexity index is 1250. The molecular formula is C20H17ClFN3O5. The molecule has 1 aromatic carbocycles. The number of hydrogen-bond acceptors (Lipinski definition) is 6. The molecule has 2 aromatic heterocycles. The van der Waals surface area contributed by atoms with Gasteiger partial charge in [0, 0.05) is 31.1 Å². The van der Waals surface area contributed by atoms with Gasteiger partial charge in [-0.25, -0.2) is 18.7 Å². The monoisotopic (exact) mass is 433 g/mol. The SMILES string of the molecule is CC(=O)COc1ncccc1Oc1cc(-n2c(=O)cc(C)n(C)c2=O)c(F)cc1Cl. The Labute approximate surface area is 175 Å². The zero-order valence-corrected chi connectivity index (χ0v) is 17.1. The maximum Gasteiger partial charge on any atom is 0.335 e. The Morgan fingerprint density at radius 2 is 1.97 bits per heavy atom. The number of Topliss-reactive ketones (excluding diaryl/α,β-unsaturated/α-hetero) is 1. The lowest BCUT2D eigenvalue weighted by Crippen LogP contribution is -2.38. The van der Waals surface area contributed by atoms with Crippen LogP contribution in [0.15, 0.2) is 46.1 Å². The van der Waals surface area contributed by atoms with Gasteiger partial charge < -0.3 is 14.0 Å². The van der Waals surface area contributed by atoms with Gasteiger partial charge in [-0.05, 0) is 32.0 Å². The normalized spacial score (nSPS) is 10.7. The molecule has 0 aliphatic rings. The first kappa shape index (κ1) is 21.3. The minimum Gasteiger partial charge on any atom is -0.467 e. The molecule has 0 unspecified atom stereocenters. The second-order valence-corrected chi connectivity index (χ2v) is 6.84. The number of ketones is 1. The number of benzene rings is 1. The number of rotatable bonds is 6. The fraction of sp³-hybridized carbons (Fsp3) is 0.200. The van der Waals surface area contributed by atoms with E-state index in [0.29, 0.717) is 10.3 Å². The van der Waals surface area contributed by atoms with E-state index in [2.05, 4.69) is 4.98 Å². The van der Waals surface area contributed by atoms with Crippen LogP contribution in [-0.4, -0.2) is 26.5 Å². The third kappa shape index (κ3) is 4.25. The van der Waals surface area contributed by atoms with Crippen LogP contribution in [-0.2, 0) is 11.8 Å². The van der Waals surface area contributed by atoms with Gasteiger partial charge >= 0.3 is 5.69 Å². The summed E-state index contributed by atoms with van der Waals surface area (Å²) in [6, 6.07) is 6.36. The summed E-state index contributed by atoms with van der Waals surface area (Å²) in [5.41, 5.74) is -1.32. The van der Waals surface area contributed by atoms with E-state index in [-0.39, 0.29) is 40.5 Å². The number of nitrogens with zero attached hydrogens (tertiary/aromatic N) is 3. The molecule has 10 heteroatoms. The van der Waals surface area contributed by atoms with Gasteiger partial charge in [0.05, 0.1) is 10.7 Å². The quantitative estimate of drug-likeness (QED) is 0.593. The smallest absolute Gasteiger partial charge is 0.335 e. The summed E-state index contributed by atoms with van der Waals surface area (Å²) >= 11 is 6.10. The Balaban J connectivity index is 2.09. The molecule has 0 spiro atoms. The van der Waals surface area contributed by atoms with E-state index in [1.165, 1.54) is 36.9 Å². The maximum absolute atomic E-state index is 14.6. The summed E-state index contributed by atoms with van der Waals surface area (Å²) in [6.07, 6.45) is 1.44. The van der Waals surface area contributed by atoms with E-state index in [1.54, 1.807) is 13.0 Å². The second-order valence-electron chi connectivity index (χ2n) is 6.43. The van der Waals surface area contributed by atoms with Gasteiger partial charge in [-0.1, -0.05) is 11.6 Å². The number of aromatic nitrogens is 3. The van der Waals surface area contributed by atoms with Crippen LogP contribution in [0.3, 0.4) is 0 Å². The summed E-state index contributed by atoms with van der Waals surface area (Å²) in [6.45, 7) is 2.72. The third-order valence-electron chi connectivity index (χ3n) is 4.17. The minimum absolute atomic E-state index is 0.0260. The minimum atomic E-state index is -0.880. The Hall–Kier alpha value is -3.46. The average molecular weight is 434 g/mol. The van der Waals surface area contributed by atoms with Gasteiger partial charge in [0.25, 0.3) is 11.4 Å². The van der Waals surface area contributed by atoms with Crippen LogP contribution in [0.25, 0.3) is 5.69 Å². The predicted octanol–water partition coefficient (Wildman–Crippen LogP) is 2.79. The van der Waals surface area contributed by atoms with Gasteiger partial charge in [0.2, 0.25) is 0 Å². The van der Waals surface area contributed by atoms with Gasteiger partial charge in [0.1, 0.15) is 18.2 Å². The van der Waals surface area contributed by atoms with Gasteiger partial charge in [-0.3, -0.25) is 9.59 Å². The second kappa shape index (κ2) is 8.50. The number of pyridine rings is 1. The summed E-state index contributed by atoms with van der Waals surface area (Å²) in [4.78, 5) is 40.1. The predicted molar refractivity (Wildman–Crippen MR) is 107 cm³/mol. The molecule has 2 heterocycles. The fourth-order valence-corrected chi connectivity index (χ4v) is 2.76. The van der Waals surface area contributed by atoms with Crippen molar-refractivity contribution in [1.82, 2.24) is 14.1 Å². The van der Waals surface area contributed by atoms with Crippen molar-refractivity contribution < 1.29 is 18.7 Å². The molecule has 0 radical (unpaired) electrons. The Morgan fingerprint density at radius 1 is 1.23 bits per heavy atom. The summed E-state index contributed by atoms with van der Waals surface area (Å²) < 4.78 is 27.5. The topological polar surface area (TPSA) is 92.4 Å². The molecule has 3 rings (SSSR count). The number of carbonyl (C=O) groups is 1. The summed E-state index contributed by atoms with van der Waals surface area (Å²) in [5, 5.41) is -0.102. The van der Waals surface area contributed by atoms with E-state index >= 15 is 0 Å². The molecule has 0 saturated carbocycles. The van der Waals surface area contributed by atoms with Crippen LogP contribution >= 0.6 is 11.6 Å². The Kier molecular flexibility index (Phi) is 6.02. The van der Waals surface area contributed by atoms with E-state index in [9.17, 15) is 18.8 Å². The number of ether oxygens (including phenoxy) is 2. The van der Waals surface area contributed by atoms with Crippen LogP contribution in [0.1, 0.15) is 12.6 Å². The molecular weight excluding hydrogens is 417 g/mol. The van der Waals surface area contributed by atoms with Crippen LogP contribution < -0.4 is 20.7 Å². The van der Waals surface area contributed by atoms with Crippen LogP contribution in [0, 0.1) is 12.7 Å². The van der Waals surface area contributed by atoms with Gasteiger partial charge in [-0.2, -0.15) is 0 Å². The van der Waals surface area contributed by atoms with Gasteiger partial charge in [0.15, 0.2) is 11.5 Å². The van der Waals surface area contributed by atoms with Crippen molar-refractivity contribution in [3.8, 4) is 23.1 Å². The molecule has 3 aromatic rings. The highest BCUT2D eigenvalue weighted by molar-refractivity contribution is 6.32. The molecule has 0 N–H and O–H groups in total. The molecule has 0 amide bonds. The lowest BCUT2D eigenvalue weighted by atomic mass is 10.2. The van der Waals surface area contributed by atoms with Crippen molar-refractivity contribution in [2.24, 2.45) is 7.05 Å². The van der Waals surface area contributed by atoms with E-state index < -0.39 is 17.1 Å². The summed E-state index contributed by atoms with van der Waals surface area (Å²) in [7, 11) is 1.47. The molecule has 156 valence electrons. The first-order valence-electron chi connectivity index (χ1n) is 8.73. The average Bonchev–Trinajstić information content (AvgIpc) is 2.68. The van der Waals surface area contributed by atoms with Crippen molar-refractivity contribution in [3.63, 3.8) is 0 Å². The van der Waals surface area contributed by atoms with E-state index in [0.717, 1.165) is 12.1 Å². The fourth-order valence-electron chi connectivity index (χ4n) is 2.58. The van der Waals surface area contributed by atoms with Crippen molar-refractivity contribution in [2.45, 2.75) is 13.8 Å². The molecule has 0 aliphatic carbocycles. The van der Waals surface area contributed by atoms with Crippen LogP contribution in [0.4, 0.5) is 4.39 Å². The largest absolute Gasteiger partial charge is 0.467 e. The molecule has 0 fully saturated rings. The zero-order chi connectivity index (χ0) is 22.0. The van der Waals surface area contributed by atoms with E-state index in [4.69, 9.17) is 21.1 Å². The van der Waals surface area contributed by atoms with Crippen molar-refractivity contribution in [3.05, 3.63) is 73.9 Å². The lowest BCUT2D eigenvalue weighted by Gasteiger charge is -2.14. The number of aryl methyl sites for hydroxylation is 1. The number of halogens is 2. The molecule has 0 bridgehead atoms. The number of carbonyl (C=O) groups excluding carboxylic acids is 1. The zero-order valence-electron chi connectivity index (χ0n) is 16.3. The highest BCUT2D eigenvalue weighted by atomic mass is 35.5. The molecule has 0 saturated heterocycles. The third-order valence-corrected chi connectivity index (χ3v) is 4.47. The highest BCUT2D eigenvalue weighted by Gasteiger charge is 2.18. The van der Waals surface area contributed by atoms with Gasteiger partial charge in [-0.15, -0.1) is 0 Å². The molecule has 0 aliphatic heterocycles. The standard InChI is InChI=1S/C20H17ClFN3O5/c1-11-7-18(27)25(20(28)24(11)3)15-9-17(13(21)8-14(15)22)30-16-5-4-6-23-19(16)29-10-12(2)26/h4-9H,10H2,1-3H3. The first-order valence-corrected chi connectivity index (χ1v) is 9.11. The maximum atomic E-state index is 14.6. The first-order chi connectivity index (χ1) is 14.2. The van der Waals surface area contributed by atoms with Crippen molar-refractivity contribution in [2.75, 3.05) is 6.61 Å². The van der Waals surface area contributed by atoms with Crippen molar-refractivity contribution in [1.29, 1.82) is 0 Å². The molecule has 30 heavy (non-hydrogen) atoms. The van der Waals surface area contributed by atoms with E-state index in [1.807, 2.05) is 0 Å². The molecule has 8 nitrogen and oxygen atoms in total. The Morgan fingerprint density at radius 3 is 2.67 bits per heavy atom. The highest BCUT2D eigenvalue weighted by Crippen LogP contribution is 2.35. The number of hydrogen-bond donors (Lipinski definition) is 0. The van der Waals surface area contributed by atoms with Crippen LogP contribution in [0.5, 0.6) is 17.4 Å².